The maximum absolute atomic E-state index is 10.7. The van der Waals surface area contributed by atoms with Crippen LogP contribution in [0.5, 0.6) is 0 Å². The van der Waals surface area contributed by atoms with E-state index in [-0.39, 0.29) is 5.97 Å². The second-order valence-corrected chi connectivity index (χ2v) is 2.17. The normalized spacial score (nSPS) is 15.1. The highest BCUT2D eigenvalue weighted by atomic mass is 16.5. The molecule has 0 N–H and O–H groups in total. The zero-order valence-electron chi connectivity index (χ0n) is 5.96. The van der Waals surface area contributed by atoms with Crippen molar-refractivity contribution in [3.63, 3.8) is 0 Å². The molecule has 0 aliphatic heterocycles. The molecular weight excluding hydrogens is 128 g/mol. The van der Waals surface area contributed by atoms with Gasteiger partial charge in [-0.2, -0.15) is 0 Å². The van der Waals surface area contributed by atoms with Crippen LogP contribution >= 0.6 is 0 Å². The number of methoxy groups -OCH3 is 1. The molecule has 0 aromatic carbocycles. The molecule has 2 nitrogen and oxygen atoms in total. The third kappa shape index (κ3) is 1.72. The maximum atomic E-state index is 10.7. The topological polar surface area (TPSA) is 26.3 Å². The van der Waals surface area contributed by atoms with Crippen molar-refractivity contribution in [2.45, 2.75) is 12.8 Å². The quantitative estimate of drug-likeness (QED) is 0.539. The number of carbonyl (C=O) groups is 1. The van der Waals surface area contributed by atoms with E-state index in [0.717, 1.165) is 12.0 Å². The summed E-state index contributed by atoms with van der Waals surface area (Å²) < 4.78 is 4.50. The van der Waals surface area contributed by atoms with Crippen LogP contribution in [0.4, 0.5) is 0 Å². The molecule has 1 aliphatic rings. The smallest absolute Gasteiger partial charge is 0.309 e. The first-order valence-corrected chi connectivity index (χ1v) is 3.25. The van der Waals surface area contributed by atoms with Gasteiger partial charge in [0.15, 0.2) is 0 Å². The molecule has 1 rings (SSSR count). The predicted octanol–water partition coefficient (Wildman–Crippen LogP) is 1.44. The molecule has 2 heteroatoms. The lowest BCUT2D eigenvalue weighted by molar-refractivity contribution is -0.139. The fraction of sp³-hybridized carbons (Fsp3) is 0.375. The fourth-order valence-electron chi connectivity index (χ4n) is 0.877. The molecule has 10 heavy (non-hydrogen) atoms. The van der Waals surface area contributed by atoms with Crippen molar-refractivity contribution in [3.8, 4) is 0 Å². The van der Waals surface area contributed by atoms with E-state index in [0.29, 0.717) is 6.42 Å². The summed E-state index contributed by atoms with van der Waals surface area (Å²) in [5.41, 5.74) is 1.06. The minimum atomic E-state index is -0.169. The van der Waals surface area contributed by atoms with Crippen LogP contribution in [0.15, 0.2) is 23.8 Å². The van der Waals surface area contributed by atoms with Gasteiger partial charge in [0.25, 0.3) is 0 Å². The summed E-state index contributed by atoms with van der Waals surface area (Å²) in [5, 5.41) is 0. The Hall–Kier alpha value is -1.05. The molecule has 0 radical (unpaired) electrons. The van der Waals surface area contributed by atoms with Gasteiger partial charge in [0.2, 0.25) is 0 Å². The number of esters is 1. The Morgan fingerprint density at radius 2 is 2.60 bits per heavy atom. The van der Waals surface area contributed by atoms with E-state index >= 15 is 0 Å². The molecule has 0 bridgehead atoms. The van der Waals surface area contributed by atoms with E-state index in [4.69, 9.17) is 0 Å². The first kappa shape index (κ1) is 7.06. The van der Waals surface area contributed by atoms with Crippen LogP contribution in [-0.4, -0.2) is 13.1 Å². The van der Waals surface area contributed by atoms with E-state index in [1.807, 2.05) is 18.2 Å². The van der Waals surface area contributed by atoms with Gasteiger partial charge in [0.05, 0.1) is 13.5 Å². The Balaban J connectivity index is 2.38. The Bertz CT molecular complexity index is 189. The van der Waals surface area contributed by atoms with Crippen molar-refractivity contribution >= 4 is 5.97 Å². The van der Waals surface area contributed by atoms with E-state index < -0.39 is 0 Å². The van der Waals surface area contributed by atoms with Crippen LogP contribution in [0.3, 0.4) is 0 Å². The lowest BCUT2D eigenvalue weighted by Crippen LogP contribution is -1.99. The number of hydrogen-bond acceptors (Lipinski definition) is 2. The first-order valence-electron chi connectivity index (χ1n) is 3.25. The molecule has 0 atom stereocenters. The first-order chi connectivity index (χ1) is 4.83. The predicted molar refractivity (Wildman–Crippen MR) is 38.5 cm³/mol. The minimum absolute atomic E-state index is 0.169. The largest absolute Gasteiger partial charge is 0.469 e. The highest BCUT2D eigenvalue weighted by Crippen LogP contribution is 2.12. The average Bonchev–Trinajstić information content (AvgIpc) is 2.40. The summed E-state index contributed by atoms with van der Waals surface area (Å²) >= 11 is 0. The summed E-state index contributed by atoms with van der Waals surface area (Å²) in [6.07, 6.45) is 7.37. The number of hydrogen-bond donors (Lipinski definition) is 0. The van der Waals surface area contributed by atoms with Gasteiger partial charge < -0.3 is 4.74 Å². The SMILES string of the molecule is COC(=O)CC1=CCC=C1. The summed E-state index contributed by atoms with van der Waals surface area (Å²) in [6.45, 7) is 0. The van der Waals surface area contributed by atoms with Gasteiger partial charge >= 0.3 is 5.97 Å². The number of allylic oxidation sites excluding steroid dienone is 3. The molecule has 0 aromatic heterocycles. The third-order valence-electron chi connectivity index (χ3n) is 1.42. The molecule has 0 heterocycles. The lowest BCUT2D eigenvalue weighted by Gasteiger charge is -1.95. The monoisotopic (exact) mass is 138 g/mol. The highest BCUT2D eigenvalue weighted by Gasteiger charge is 2.04. The summed E-state index contributed by atoms with van der Waals surface area (Å²) in [4.78, 5) is 10.7. The zero-order chi connectivity index (χ0) is 7.40. The van der Waals surface area contributed by atoms with Gasteiger partial charge in [0, 0.05) is 0 Å². The van der Waals surface area contributed by atoms with Crippen molar-refractivity contribution in [1.29, 1.82) is 0 Å². The average molecular weight is 138 g/mol. The third-order valence-corrected chi connectivity index (χ3v) is 1.42. The molecule has 0 fully saturated rings. The van der Waals surface area contributed by atoms with Crippen LogP contribution in [-0.2, 0) is 9.53 Å². The van der Waals surface area contributed by atoms with Crippen molar-refractivity contribution in [2.24, 2.45) is 0 Å². The van der Waals surface area contributed by atoms with E-state index in [9.17, 15) is 4.79 Å². The number of carbonyl (C=O) groups excluding carboxylic acids is 1. The van der Waals surface area contributed by atoms with Gasteiger partial charge in [-0.25, -0.2) is 0 Å². The molecule has 1 aliphatic carbocycles. The molecule has 0 spiro atoms. The van der Waals surface area contributed by atoms with Gasteiger partial charge in [0.1, 0.15) is 0 Å². The lowest BCUT2D eigenvalue weighted by atomic mass is 10.2. The molecule has 0 saturated carbocycles. The molecule has 0 amide bonds. The van der Waals surface area contributed by atoms with Crippen molar-refractivity contribution in [3.05, 3.63) is 23.8 Å². The molecule has 0 aromatic rings. The van der Waals surface area contributed by atoms with Gasteiger partial charge in [-0.15, -0.1) is 0 Å². The van der Waals surface area contributed by atoms with E-state index in [2.05, 4.69) is 4.74 Å². The molecule has 0 saturated heterocycles. The number of ether oxygens (including phenoxy) is 1. The van der Waals surface area contributed by atoms with Gasteiger partial charge in [-0.1, -0.05) is 18.2 Å². The fourth-order valence-corrected chi connectivity index (χ4v) is 0.877. The standard InChI is InChI=1S/C8H10O2/c1-10-8(9)6-7-4-2-3-5-7/h2,4-5H,3,6H2,1H3. The van der Waals surface area contributed by atoms with Crippen molar-refractivity contribution in [2.75, 3.05) is 7.11 Å². The van der Waals surface area contributed by atoms with Crippen molar-refractivity contribution < 1.29 is 9.53 Å². The Morgan fingerprint density at radius 1 is 1.80 bits per heavy atom. The molecule has 54 valence electrons. The van der Waals surface area contributed by atoms with Crippen LogP contribution in [0.1, 0.15) is 12.8 Å². The minimum Gasteiger partial charge on any atom is -0.469 e. The second-order valence-electron chi connectivity index (χ2n) is 2.17. The Kier molecular flexibility index (Phi) is 2.26. The van der Waals surface area contributed by atoms with Crippen LogP contribution in [0, 0.1) is 0 Å². The van der Waals surface area contributed by atoms with Gasteiger partial charge in [-0.05, 0) is 12.0 Å². The molecular formula is C8H10O2. The second kappa shape index (κ2) is 3.20. The summed E-state index contributed by atoms with van der Waals surface area (Å²) in [7, 11) is 1.40. The molecule has 0 unspecified atom stereocenters. The Morgan fingerprint density at radius 3 is 3.10 bits per heavy atom. The highest BCUT2D eigenvalue weighted by molar-refractivity contribution is 5.73. The Labute approximate surface area is 60.2 Å². The van der Waals surface area contributed by atoms with E-state index in [1.165, 1.54) is 7.11 Å². The summed E-state index contributed by atoms with van der Waals surface area (Å²) in [6, 6.07) is 0. The zero-order valence-corrected chi connectivity index (χ0v) is 5.96. The maximum Gasteiger partial charge on any atom is 0.309 e. The van der Waals surface area contributed by atoms with E-state index in [1.54, 1.807) is 0 Å². The number of rotatable bonds is 2. The van der Waals surface area contributed by atoms with Crippen molar-refractivity contribution in [1.82, 2.24) is 0 Å². The summed E-state index contributed by atoms with van der Waals surface area (Å²) in [5.74, 6) is -0.169. The van der Waals surface area contributed by atoms with Crippen LogP contribution < -0.4 is 0 Å². The van der Waals surface area contributed by atoms with Crippen LogP contribution in [0.25, 0.3) is 0 Å². The van der Waals surface area contributed by atoms with Gasteiger partial charge in [-0.3, -0.25) is 4.79 Å². The van der Waals surface area contributed by atoms with Crippen LogP contribution in [0.2, 0.25) is 0 Å².